The number of thiophene rings is 1. The minimum absolute atomic E-state index is 0.301. The predicted molar refractivity (Wildman–Crippen MR) is 152 cm³/mol. The van der Waals surface area contributed by atoms with Gasteiger partial charge in [0.25, 0.3) is 0 Å². The summed E-state index contributed by atoms with van der Waals surface area (Å²) in [5.41, 5.74) is 5.04. The van der Waals surface area contributed by atoms with Crippen molar-refractivity contribution in [2.75, 3.05) is 31.7 Å². The third-order valence-electron chi connectivity index (χ3n) is 6.48. The highest BCUT2D eigenvalue weighted by Crippen LogP contribution is 2.44. The molecule has 37 heavy (non-hydrogen) atoms. The van der Waals surface area contributed by atoms with Crippen LogP contribution in [-0.4, -0.2) is 37.0 Å². The maximum atomic E-state index is 13.3. The van der Waals surface area contributed by atoms with E-state index in [2.05, 4.69) is 36.2 Å². The van der Waals surface area contributed by atoms with Crippen LogP contribution in [0.4, 0.5) is 11.4 Å². The molecule has 0 fully saturated rings. The van der Waals surface area contributed by atoms with Gasteiger partial charge in [-0.1, -0.05) is 18.2 Å². The lowest BCUT2D eigenvalue weighted by molar-refractivity contribution is -0.138. The molecule has 0 amide bonds. The van der Waals surface area contributed by atoms with Crippen LogP contribution in [0.3, 0.4) is 0 Å². The summed E-state index contributed by atoms with van der Waals surface area (Å²) in [7, 11) is 0.486. The quantitative estimate of drug-likeness (QED) is 0.190. The number of fused-ring (bicyclic) bond motifs is 2. The first-order valence-corrected chi connectivity index (χ1v) is 14.4. The molecule has 0 saturated carbocycles. The van der Waals surface area contributed by atoms with Crippen molar-refractivity contribution < 1.29 is 18.5 Å². The number of anilines is 2. The number of methoxy groups -OCH3 is 1. The molecule has 1 atom stereocenters. The molecule has 0 saturated heterocycles. The first kappa shape index (κ1) is 27.1. The van der Waals surface area contributed by atoms with Crippen LogP contribution in [0.2, 0.25) is 0 Å². The van der Waals surface area contributed by atoms with Crippen molar-refractivity contribution in [3.05, 3.63) is 68.9 Å². The Hall–Kier alpha value is -2.94. The van der Waals surface area contributed by atoms with E-state index in [1.165, 1.54) is 11.1 Å². The van der Waals surface area contributed by atoms with E-state index in [0.717, 1.165) is 56.2 Å². The average Bonchev–Trinajstić information content (AvgIpc) is 3.29. The third-order valence-corrected chi connectivity index (χ3v) is 9.01. The molecule has 1 unspecified atom stereocenters. The van der Waals surface area contributed by atoms with Crippen molar-refractivity contribution in [1.82, 2.24) is 5.32 Å². The Kier molecular flexibility index (Phi) is 8.84. The monoisotopic (exact) mass is 538 g/mol. The predicted octanol–water partition coefficient (Wildman–Crippen LogP) is 6.14. The summed E-state index contributed by atoms with van der Waals surface area (Å²) in [6, 6.07) is 14.0. The van der Waals surface area contributed by atoms with Gasteiger partial charge in [-0.3, -0.25) is 0 Å². The molecule has 1 N–H and O–H groups in total. The largest absolute Gasteiger partial charge is 0.496 e. The number of aryl methyl sites for hydroxylation is 1. The number of nitrogens with zero attached hydrogens (tertiary/aromatic N) is 1. The molecule has 2 heterocycles. The SMILES string of the molecule is CCOC(=O)C(C)=Cc1cc(OC)c(CNCCCN2c3ccccc3S(=O)c3ccc(C)c(C)c32)s1. The average molecular weight is 539 g/mol. The lowest BCUT2D eigenvalue weighted by Gasteiger charge is -2.34. The van der Waals surface area contributed by atoms with Gasteiger partial charge in [-0.05, 0) is 82.1 Å². The molecule has 3 aromatic rings. The van der Waals surface area contributed by atoms with E-state index in [-0.39, 0.29) is 5.97 Å². The number of hydrogen-bond donors (Lipinski definition) is 1. The van der Waals surface area contributed by atoms with Crippen molar-refractivity contribution in [3.8, 4) is 5.75 Å². The van der Waals surface area contributed by atoms with Gasteiger partial charge in [-0.15, -0.1) is 11.3 Å². The molecule has 196 valence electrons. The standard InChI is InChI=1S/C29H34N2O4S2/c1-6-35-29(32)20(3)16-22-17-24(34-5)25(36-22)18-30-14-9-15-31-23-10-7-8-11-26(23)37(33)27-13-12-19(2)21(4)28(27)31/h7-8,10-13,16-17,30H,6,9,14-15,18H2,1-5H3. The zero-order valence-electron chi connectivity index (χ0n) is 22.1. The normalized spacial score (nSPS) is 14.8. The van der Waals surface area contributed by atoms with E-state index in [4.69, 9.17) is 9.47 Å². The number of para-hydroxylation sites is 1. The molecule has 1 aliphatic rings. The Bertz CT molecular complexity index is 1350. The number of esters is 1. The summed E-state index contributed by atoms with van der Waals surface area (Å²) in [6.45, 7) is 10.4. The molecule has 0 spiro atoms. The van der Waals surface area contributed by atoms with Crippen LogP contribution >= 0.6 is 11.3 Å². The van der Waals surface area contributed by atoms with Crippen molar-refractivity contribution >= 4 is 45.6 Å². The van der Waals surface area contributed by atoms with Crippen LogP contribution in [0.15, 0.2) is 57.8 Å². The number of carbonyl (C=O) groups is 1. The van der Waals surface area contributed by atoms with Crippen molar-refractivity contribution in [2.45, 2.75) is 50.5 Å². The fraction of sp³-hybridized carbons (Fsp3) is 0.345. The van der Waals surface area contributed by atoms with Crippen LogP contribution in [0, 0.1) is 13.8 Å². The number of carbonyl (C=O) groups excluding carboxylic acids is 1. The van der Waals surface area contributed by atoms with Crippen LogP contribution in [0.5, 0.6) is 5.75 Å². The lowest BCUT2D eigenvalue weighted by atomic mass is 10.1. The third kappa shape index (κ3) is 5.81. The zero-order chi connectivity index (χ0) is 26.5. The molecule has 1 aromatic heterocycles. The van der Waals surface area contributed by atoms with Crippen LogP contribution in [0.1, 0.15) is 41.1 Å². The molecule has 0 bridgehead atoms. The zero-order valence-corrected chi connectivity index (χ0v) is 23.7. The number of ether oxygens (including phenoxy) is 2. The fourth-order valence-electron chi connectivity index (χ4n) is 4.45. The van der Waals surface area contributed by atoms with E-state index in [1.807, 2.05) is 36.4 Å². The van der Waals surface area contributed by atoms with Gasteiger partial charge in [0.1, 0.15) is 5.75 Å². The topological polar surface area (TPSA) is 67.9 Å². The van der Waals surface area contributed by atoms with Gasteiger partial charge >= 0.3 is 5.97 Å². The van der Waals surface area contributed by atoms with Gasteiger partial charge in [0.15, 0.2) is 0 Å². The summed E-state index contributed by atoms with van der Waals surface area (Å²) in [5, 5.41) is 3.54. The molecule has 6 nitrogen and oxygen atoms in total. The molecule has 0 radical (unpaired) electrons. The van der Waals surface area contributed by atoms with Gasteiger partial charge in [0.05, 0.1) is 50.6 Å². The van der Waals surface area contributed by atoms with Gasteiger partial charge < -0.3 is 19.7 Å². The van der Waals surface area contributed by atoms with E-state index >= 15 is 0 Å². The second kappa shape index (κ2) is 12.1. The number of rotatable bonds is 10. The molecule has 2 aromatic carbocycles. The van der Waals surface area contributed by atoms with Crippen molar-refractivity contribution in [3.63, 3.8) is 0 Å². The smallest absolute Gasteiger partial charge is 0.333 e. The van der Waals surface area contributed by atoms with Gasteiger partial charge in [-0.25, -0.2) is 9.00 Å². The van der Waals surface area contributed by atoms with E-state index < -0.39 is 10.8 Å². The summed E-state index contributed by atoms with van der Waals surface area (Å²) < 4.78 is 23.9. The Morgan fingerprint density at radius 3 is 2.70 bits per heavy atom. The fourth-order valence-corrected chi connectivity index (χ4v) is 6.99. The molecule has 1 aliphatic heterocycles. The van der Waals surface area contributed by atoms with Crippen molar-refractivity contribution in [2.24, 2.45) is 0 Å². The second-order valence-electron chi connectivity index (χ2n) is 8.96. The lowest BCUT2D eigenvalue weighted by Crippen LogP contribution is -2.28. The van der Waals surface area contributed by atoms with Gasteiger partial charge in [0, 0.05) is 23.5 Å². The summed E-state index contributed by atoms with van der Waals surface area (Å²) in [6.07, 6.45) is 2.75. The number of benzene rings is 2. The molecular formula is C29H34N2O4S2. The maximum absolute atomic E-state index is 13.3. The highest BCUT2D eigenvalue weighted by Gasteiger charge is 2.29. The summed E-state index contributed by atoms with van der Waals surface area (Å²) in [4.78, 5) is 18.1. The highest BCUT2D eigenvalue weighted by atomic mass is 32.2. The van der Waals surface area contributed by atoms with Crippen LogP contribution < -0.4 is 15.0 Å². The minimum atomic E-state index is -1.18. The maximum Gasteiger partial charge on any atom is 0.333 e. The second-order valence-corrected chi connectivity index (χ2v) is 11.5. The molecule has 4 rings (SSSR count). The summed E-state index contributed by atoms with van der Waals surface area (Å²) >= 11 is 1.60. The first-order valence-electron chi connectivity index (χ1n) is 12.5. The van der Waals surface area contributed by atoms with E-state index in [0.29, 0.717) is 18.7 Å². The number of hydrogen-bond acceptors (Lipinski definition) is 7. The first-order chi connectivity index (χ1) is 17.8. The van der Waals surface area contributed by atoms with Gasteiger partial charge in [-0.2, -0.15) is 0 Å². The van der Waals surface area contributed by atoms with Gasteiger partial charge in [0.2, 0.25) is 0 Å². The molecular weight excluding hydrogens is 504 g/mol. The summed E-state index contributed by atoms with van der Waals surface area (Å²) in [5.74, 6) is 0.512. The highest BCUT2D eigenvalue weighted by molar-refractivity contribution is 7.85. The van der Waals surface area contributed by atoms with Crippen molar-refractivity contribution in [1.29, 1.82) is 0 Å². The molecule has 0 aliphatic carbocycles. The Morgan fingerprint density at radius 2 is 1.95 bits per heavy atom. The molecule has 8 heteroatoms. The van der Waals surface area contributed by atoms with Crippen LogP contribution in [-0.2, 0) is 26.9 Å². The Balaban J connectivity index is 1.42. The minimum Gasteiger partial charge on any atom is -0.496 e. The Labute approximate surface area is 225 Å². The Morgan fingerprint density at radius 1 is 1.16 bits per heavy atom. The van der Waals surface area contributed by atoms with E-state index in [1.54, 1.807) is 32.3 Å². The van der Waals surface area contributed by atoms with Crippen LogP contribution in [0.25, 0.3) is 6.08 Å². The number of nitrogens with one attached hydrogen (secondary N) is 1. The van der Waals surface area contributed by atoms with E-state index in [9.17, 15) is 9.00 Å².